The number of halogens is 1. The summed E-state index contributed by atoms with van der Waals surface area (Å²) in [5.41, 5.74) is 0.0325. The van der Waals surface area contributed by atoms with E-state index in [0.717, 1.165) is 25.1 Å². The molecule has 9 heteroatoms. The zero-order valence-corrected chi connectivity index (χ0v) is 11.9. The van der Waals surface area contributed by atoms with Crippen LogP contribution in [0.5, 0.6) is 5.75 Å². The number of hydrogen-bond donors (Lipinski definition) is 0. The van der Waals surface area contributed by atoms with E-state index in [4.69, 9.17) is 5.26 Å². The third kappa shape index (κ3) is 3.88. The second-order valence-electron chi connectivity index (χ2n) is 4.63. The molecule has 1 unspecified atom stereocenters. The fraction of sp³-hybridized carbons (Fsp3) is 0.417. The van der Waals surface area contributed by atoms with Gasteiger partial charge in [-0.3, -0.25) is 9.78 Å². The van der Waals surface area contributed by atoms with Crippen molar-refractivity contribution in [3.8, 4) is 11.8 Å². The lowest BCUT2D eigenvalue weighted by Gasteiger charge is -2.24. The van der Waals surface area contributed by atoms with Gasteiger partial charge in [0.15, 0.2) is 5.75 Å². The normalized spacial score (nSPS) is 15.9. The van der Waals surface area contributed by atoms with Crippen LogP contribution in [0.1, 0.15) is 30.1 Å². The molecule has 1 aliphatic carbocycles. The molecule has 1 aromatic heterocycles. The first-order valence-electron chi connectivity index (χ1n) is 6.13. The van der Waals surface area contributed by atoms with Crippen molar-refractivity contribution < 1.29 is 21.3 Å². The number of amides is 1. The lowest BCUT2D eigenvalue weighted by atomic mass is 10.2. The molecule has 112 valence electrons. The molecule has 0 radical (unpaired) electrons. The van der Waals surface area contributed by atoms with Crippen LogP contribution in [0.3, 0.4) is 0 Å². The monoisotopic (exact) mass is 313 g/mol. The van der Waals surface area contributed by atoms with Crippen molar-refractivity contribution in [2.45, 2.75) is 31.8 Å². The van der Waals surface area contributed by atoms with Crippen LogP contribution in [0.15, 0.2) is 18.5 Å². The second kappa shape index (κ2) is 5.65. The van der Waals surface area contributed by atoms with Gasteiger partial charge in [0, 0.05) is 12.2 Å². The minimum absolute atomic E-state index is 0.0124. The van der Waals surface area contributed by atoms with Crippen molar-refractivity contribution in [3.63, 3.8) is 0 Å². The summed E-state index contributed by atoms with van der Waals surface area (Å²) >= 11 is 0. The van der Waals surface area contributed by atoms with E-state index in [0.29, 0.717) is 0 Å². The number of rotatable bonds is 5. The molecule has 1 saturated carbocycles. The first-order valence-corrected chi connectivity index (χ1v) is 7.44. The van der Waals surface area contributed by atoms with Crippen molar-refractivity contribution in [1.82, 2.24) is 9.88 Å². The number of nitriles is 1. The quantitative estimate of drug-likeness (QED) is 0.757. The van der Waals surface area contributed by atoms with Crippen LogP contribution >= 0.6 is 0 Å². The molecule has 0 bridgehead atoms. The molecule has 0 saturated heterocycles. The number of carbonyl (C=O) groups excluding carboxylic acids is 1. The van der Waals surface area contributed by atoms with Gasteiger partial charge in [-0.2, -0.15) is 13.7 Å². The molecule has 1 heterocycles. The summed E-state index contributed by atoms with van der Waals surface area (Å²) in [6, 6.07) is 2.42. The molecule has 1 fully saturated rings. The van der Waals surface area contributed by atoms with Gasteiger partial charge < -0.3 is 9.08 Å². The number of hydrogen-bond acceptors (Lipinski definition) is 6. The summed E-state index contributed by atoms with van der Waals surface area (Å²) in [5.74, 6) is -0.871. The highest BCUT2D eigenvalue weighted by molar-refractivity contribution is 7.81. The van der Waals surface area contributed by atoms with Gasteiger partial charge in [-0.05, 0) is 25.8 Å². The summed E-state index contributed by atoms with van der Waals surface area (Å²) in [6.45, 7) is 1.59. The van der Waals surface area contributed by atoms with Crippen molar-refractivity contribution in [1.29, 1.82) is 5.26 Å². The van der Waals surface area contributed by atoms with Crippen LogP contribution < -0.4 is 4.18 Å². The van der Waals surface area contributed by atoms with Crippen molar-refractivity contribution >= 4 is 16.4 Å². The largest absolute Gasteiger partial charge is 0.488 e. The van der Waals surface area contributed by atoms with Gasteiger partial charge in [0.1, 0.15) is 6.04 Å². The number of carbonyl (C=O) groups is 1. The Morgan fingerprint density at radius 1 is 1.57 bits per heavy atom. The Hall–Kier alpha value is -2.21. The van der Waals surface area contributed by atoms with E-state index in [1.807, 2.05) is 6.07 Å². The Balaban J connectivity index is 2.26. The zero-order valence-electron chi connectivity index (χ0n) is 11.1. The molecule has 21 heavy (non-hydrogen) atoms. The summed E-state index contributed by atoms with van der Waals surface area (Å²) in [5, 5.41) is 8.97. The summed E-state index contributed by atoms with van der Waals surface area (Å²) in [6.07, 6.45) is 3.79. The number of pyridine rings is 1. The van der Waals surface area contributed by atoms with Gasteiger partial charge >= 0.3 is 10.5 Å². The molecule has 1 aromatic rings. The molecule has 0 aromatic carbocycles. The van der Waals surface area contributed by atoms with E-state index >= 15 is 0 Å². The van der Waals surface area contributed by atoms with Crippen LogP contribution in [-0.2, 0) is 10.5 Å². The average Bonchev–Trinajstić information content (AvgIpc) is 3.21. The van der Waals surface area contributed by atoms with E-state index < -0.39 is 28.2 Å². The van der Waals surface area contributed by atoms with Crippen molar-refractivity contribution in [3.05, 3.63) is 24.0 Å². The Bertz CT molecular complexity index is 697. The minimum atomic E-state index is -5.18. The van der Waals surface area contributed by atoms with Crippen LogP contribution in [0.2, 0.25) is 0 Å². The van der Waals surface area contributed by atoms with E-state index in [9.17, 15) is 17.1 Å². The van der Waals surface area contributed by atoms with Gasteiger partial charge in [0.05, 0.1) is 17.8 Å². The van der Waals surface area contributed by atoms with Crippen LogP contribution in [-0.4, -0.2) is 36.3 Å². The predicted octanol–water partition coefficient (Wildman–Crippen LogP) is 1.19. The van der Waals surface area contributed by atoms with Gasteiger partial charge in [-0.15, -0.1) is 0 Å². The first kappa shape index (κ1) is 15.2. The third-order valence-corrected chi connectivity index (χ3v) is 3.33. The van der Waals surface area contributed by atoms with Crippen molar-refractivity contribution in [2.75, 3.05) is 0 Å². The number of nitrogens with zero attached hydrogens (tertiary/aromatic N) is 3. The molecule has 1 aliphatic rings. The van der Waals surface area contributed by atoms with Crippen LogP contribution in [0, 0.1) is 11.3 Å². The molecule has 0 spiro atoms. The molecule has 1 atom stereocenters. The van der Waals surface area contributed by atoms with E-state index in [1.165, 1.54) is 11.1 Å². The minimum Gasteiger partial charge on any atom is -0.357 e. The molecule has 0 N–H and O–H groups in total. The fourth-order valence-electron chi connectivity index (χ4n) is 1.92. The van der Waals surface area contributed by atoms with Crippen molar-refractivity contribution in [2.24, 2.45) is 0 Å². The average molecular weight is 313 g/mol. The van der Waals surface area contributed by atoms with E-state index in [1.54, 1.807) is 6.92 Å². The second-order valence-corrected chi connectivity index (χ2v) is 5.59. The standard InChI is InChI=1S/C12H12FN3O4S/c1-8(5-14)16(10-2-3-10)12(17)9-4-11(7-15-6-9)20-21(13,18)19/h4,6-8,10H,2-3H2,1H3. The molecule has 1 amide bonds. The van der Waals surface area contributed by atoms with E-state index in [-0.39, 0.29) is 11.6 Å². The highest BCUT2D eigenvalue weighted by atomic mass is 32.3. The Morgan fingerprint density at radius 2 is 2.24 bits per heavy atom. The van der Waals surface area contributed by atoms with Gasteiger partial charge in [-0.1, -0.05) is 3.89 Å². The SMILES string of the molecule is CC(C#N)N(C(=O)c1cncc(OS(=O)(=O)F)c1)C1CC1. The van der Waals surface area contributed by atoms with Crippen LogP contribution in [0.4, 0.5) is 3.89 Å². The van der Waals surface area contributed by atoms with Gasteiger partial charge in [0.25, 0.3) is 5.91 Å². The van der Waals surface area contributed by atoms with E-state index in [2.05, 4.69) is 9.17 Å². The van der Waals surface area contributed by atoms with Gasteiger partial charge in [0.2, 0.25) is 0 Å². The Morgan fingerprint density at radius 3 is 2.76 bits per heavy atom. The topological polar surface area (TPSA) is 100 Å². The predicted molar refractivity (Wildman–Crippen MR) is 69.2 cm³/mol. The molecule has 7 nitrogen and oxygen atoms in total. The lowest BCUT2D eigenvalue weighted by Crippen LogP contribution is -2.39. The summed E-state index contributed by atoms with van der Waals surface area (Å²) < 4.78 is 37.4. The molecular weight excluding hydrogens is 301 g/mol. The number of aromatic nitrogens is 1. The Kier molecular flexibility index (Phi) is 4.09. The molecular formula is C12H12FN3O4S. The maximum Gasteiger partial charge on any atom is 0.488 e. The molecule has 2 rings (SSSR count). The zero-order chi connectivity index (χ0) is 15.6. The first-order chi connectivity index (χ1) is 9.81. The third-order valence-electron chi connectivity index (χ3n) is 2.93. The van der Waals surface area contributed by atoms with Crippen LogP contribution in [0.25, 0.3) is 0 Å². The lowest BCUT2D eigenvalue weighted by molar-refractivity contribution is 0.0713. The fourth-order valence-corrected chi connectivity index (χ4v) is 2.24. The Labute approximate surface area is 121 Å². The molecule has 0 aliphatic heterocycles. The van der Waals surface area contributed by atoms with Gasteiger partial charge in [-0.25, -0.2) is 0 Å². The maximum atomic E-state index is 12.5. The highest BCUT2D eigenvalue weighted by Gasteiger charge is 2.36. The summed E-state index contributed by atoms with van der Waals surface area (Å²) in [7, 11) is -5.18. The summed E-state index contributed by atoms with van der Waals surface area (Å²) in [4.78, 5) is 17.4. The smallest absolute Gasteiger partial charge is 0.357 e. The maximum absolute atomic E-state index is 12.5. The highest BCUT2D eigenvalue weighted by Crippen LogP contribution is 2.30.